The summed E-state index contributed by atoms with van der Waals surface area (Å²) in [5.74, 6) is -4.10. The van der Waals surface area contributed by atoms with Crippen molar-refractivity contribution >= 4 is 11.9 Å². The van der Waals surface area contributed by atoms with Crippen molar-refractivity contribution in [3.63, 3.8) is 0 Å². The summed E-state index contributed by atoms with van der Waals surface area (Å²) in [5.41, 5.74) is 0.00931. The van der Waals surface area contributed by atoms with Crippen LogP contribution in [0.2, 0.25) is 0 Å². The Morgan fingerprint density at radius 1 is 1.07 bits per heavy atom. The van der Waals surface area contributed by atoms with Crippen molar-refractivity contribution in [2.75, 3.05) is 20.8 Å². The van der Waals surface area contributed by atoms with Crippen LogP contribution in [0.1, 0.15) is 6.42 Å². The molecule has 3 rings (SSSR count). The first-order valence-electron chi connectivity index (χ1n) is 9.40. The van der Waals surface area contributed by atoms with Crippen molar-refractivity contribution < 1.29 is 58.8 Å². The van der Waals surface area contributed by atoms with Gasteiger partial charge in [0.15, 0.2) is 6.29 Å². The number of esters is 2. The second-order valence-electron chi connectivity index (χ2n) is 7.44. The Morgan fingerprint density at radius 3 is 2.37 bits per heavy atom. The minimum absolute atomic E-state index is 0.00931. The smallest absolute Gasteiger partial charge is 0.337 e. The van der Waals surface area contributed by atoms with E-state index in [9.17, 15) is 35.1 Å². The van der Waals surface area contributed by atoms with Crippen LogP contribution in [0.15, 0.2) is 11.8 Å². The third kappa shape index (κ3) is 3.91. The van der Waals surface area contributed by atoms with E-state index < -0.39 is 79.4 Å². The standard InChI is InChI=1S/C18H26O12/c1-26-15(24)6-3-8(20)10-7(16(25)27-2)5-28-17(11(6)10)30-18-14(23)13(22)12(21)9(4-19)29-18/h5-6,8-14,17-23H,3-4H2,1-2H3. The molecule has 2 aliphatic heterocycles. The molecule has 0 radical (unpaired) electrons. The predicted molar refractivity (Wildman–Crippen MR) is 92.9 cm³/mol. The number of fused-ring (bicyclic) bond motifs is 1. The Balaban J connectivity index is 1.89. The molecular weight excluding hydrogens is 408 g/mol. The topological polar surface area (TPSA) is 181 Å². The van der Waals surface area contributed by atoms with Crippen LogP contribution in [0, 0.1) is 17.8 Å². The summed E-state index contributed by atoms with van der Waals surface area (Å²) in [5, 5.41) is 49.9. The lowest BCUT2D eigenvalue weighted by Gasteiger charge is -2.43. The molecule has 12 nitrogen and oxygen atoms in total. The predicted octanol–water partition coefficient (Wildman–Crippen LogP) is -3.00. The number of aliphatic hydroxyl groups excluding tert-OH is 5. The normalized spacial score (nSPS) is 43.2. The molecule has 1 aliphatic carbocycles. The van der Waals surface area contributed by atoms with Crippen LogP contribution in [0.4, 0.5) is 0 Å². The molecule has 30 heavy (non-hydrogen) atoms. The molecule has 10 unspecified atom stereocenters. The Hall–Kier alpha value is -1.80. The summed E-state index contributed by atoms with van der Waals surface area (Å²) < 4.78 is 26.0. The fourth-order valence-electron chi connectivity index (χ4n) is 4.30. The van der Waals surface area contributed by atoms with Gasteiger partial charge in [0.25, 0.3) is 0 Å². The van der Waals surface area contributed by atoms with Gasteiger partial charge in [-0.3, -0.25) is 4.79 Å². The van der Waals surface area contributed by atoms with Crippen LogP contribution in [-0.2, 0) is 33.3 Å². The molecule has 0 amide bonds. The number of methoxy groups -OCH3 is 2. The van der Waals surface area contributed by atoms with Gasteiger partial charge in [0.2, 0.25) is 6.29 Å². The molecular formula is C18H26O12. The molecule has 12 heteroatoms. The van der Waals surface area contributed by atoms with Crippen LogP contribution in [0.3, 0.4) is 0 Å². The quantitative estimate of drug-likeness (QED) is 0.277. The average Bonchev–Trinajstić information content (AvgIpc) is 3.10. The minimum atomic E-state index is -1.70. The van der Waals surface area contributed by atoms with Gasteiger partial charge in [-0.15, -0.1) is 0 Å². The maximum absolute atomic E-state index is 12.3. The van der Waals surface area contributed by atoms with Crippen molar-refractivity contribution in [2.24, 2.45) is 17.8 Å². The second-order valence-corrected chi connectivity index (χ2v) is 7.44. The molecule has 5 N–H and O–H groups in total. The van der Waals surface area contributed by atoms with Crippen molar-refractivity contribution in [1.29, 1.82) is 0 Å². The molecule has 0 aromatic heterocycles. The number of rotatable bonds is 5. The van der Waals surface area contributed by atoms with E-state index in [1.807, 2.05) is 0 Å². The second kappa shape index (κ2) is 9.14. The van der Waals surface area contributed by atoms with Gasteiger partial charge in [0.1, 0.15) is 24.4 Å². The fourth-order valence-corrected chi connectivity index (χ4v) is 4.30. The summed E-state index contributed by atoms with van der Waals surface area (Å²) in [6, 6.07) is 0. The first kappa shape index (κ1) is 22.9. The summed E-state index contributed by atoms with van der Waals surface area (Å²) >= 11 is 0. The number of ether oxygens (including phenoxy) is 5. The Labute approximate surface area is 171 Å². The molecule has 1 saturated carbocycles. The largest absolute Gasteiger partial charge is 0.472 e. The number of carbonyl (C=O) groups is 2. The Bertz CT molecular complexity index is 678. The van der Waals surface area contributed by atoms with Crippen LogP contribution < -0.4 is 0 Å². The zero-order chi connectivity index (χ0) is 22.2. The highest BCUT2D eigenvalue weighted by atomic mass is 16.8. The molecule has 2 fully saturated rings. The van der Waals surface area contributed by atoms with Crippen LogP contribution in [0.5, 0.6) is 0 Å². The van der Waals surface area contributed by atoms with E-state index in [2.05, 4.69) is 0 Å². The molecule has 1 saturated heterocycles. The molecule has 0 spiro atoms. The van der Waals surface area contributed by atoms with E-state index >= 15 is 0 Å². The maximum Gasteiger partial charge on any atom is 0.337 e. The summed E-state index contributed by atoms with van der Waals surface area (Å²) in [6.45, 7) is -0.654. The number of aliphatic hydroxyl groups is 5. The van der Waals surface area contributed by atoms with Crippen molar-refractivity contribution in [1.82, 2.24) is 0 Å². The van der Waals surface area contributed by atoms with Gasteiger partial charge in [0, 0.05) is 11.8 Å². The molecule has 2 heterocycles. The van der Waals surface area contributed by atoms with Crippen molar-refractivity contribution in [3.8, 4) is 0 Å². The first-order chi connectivity index (χ1) is 14.2. The minimum Gasteiger partial charge on any atom is -0.472 e. The molecule has 0 aromatic carbocycles. The molecule has 3 aliphatic rings. The molecule has 0 aromatic rings. The fraction of sp³-hybridized carbons (Fsp3) is 0.778. The highest BCUT2D eigenvalue weighted by Gasteiger charge is 2.57. The van der Waals surface area contributed by atoms with Crippen LogP contribution in [0.25, 0.3) is 0 Å². The summed E-state index contributed by atoms with van der Waals surface area (Å²) in [7, 11) is 2.34. The van der Waals surface area contributed by atoms with Crippen molar-refractivity contribution in [2.45, 2.75) is 49.5 Å². The third-order valence-corrected chi connectivity index (χ3v) is 5.83. The van der Waals surface area contributed by atoms with Gasteiger partial charge in [-0.25, -0.2) is 4.79 Å². The average molecular weight is 434 g/mol. The van der Waals surface area contributed by atoms with Gasteiger partial charge in [0.05, 0.1) is 44.7 Å². The summed E-state index contributed by atoms with van der Waals surface area (Å²) in [4.78, 5) is 24.4. The molecule has 170 valence electrons. The SMILES string of the molecule is COC(=O)C1=COC(OC2OC(CO)C(O)C(O)C2O)C2C(C(=O)OC)CC(O)C12. The lowest BCUT2D eigenvalue weighted by atomic mass is 9.82. The first-order valence-corrected chi connectivity index (χ1v) is 9.40. The van der Waals surface area contributed by atoms with E-state index in [-0.39, 0.29) is 12.0 Å². The number of carbonyl (C=O) groups excluding carboxylic acids is 2. The van der Waals surface area contributed by atoms with E-state index in [1.54, 1.807) is 0 Å². The van der Waals surface area contributed by atoms with Crippen LogP contribution in [-0.4, -0.2) is 101 Å². The number of hydrogen-bond donors (Lipinski definition) is 5. The van der Waals surface area contributed by atoms with Gasteiger partial charge < -0.3 is 49.2 Å². The van der Waals surface area contributed by atoms with E-state index in [1.165, 1.54) is 7.11 Å². The zero-order valence-electron chi connectivity index (χ0n) is 16.4. The van der Waals surface area contributed by atoms with Crippen molar-refractivity contribution in [3.05, 3.63) is 11.8 Å². The summed E-state index contributed by atoms with van der Waals surface area (Å²) in [6.07, 6.45) is -9.06. The molecule has 0 bridgehead atoms. The van der Waals surface area contributed by atoms with E-state index in [0.29, 0.717) is 0 Å². The highest BCUT2D eigenvalue weighted by Crippen LogP contribution is 2.48. The van der Waals surface area contributed by atoms with Gasteiger partial charge in [-0.2, -0.15) is 0 Å². The van der Waals surface area contributed by atoms with Gasteiger partial charge in [-0.1, -0.05) is 0 Å². The zero-order valence-corrected chi connectivity index (χ0v) is 16.4. The highest BCUT2D eigenvalue weighted by molar-refractivity contribution is 5.89. The lowest BCUT2D eigenvalue weighted by Crippen LogP contribution is -2.60. The third-order valence-electron chi connectivity index (χ3n) is 5.83. The number of hydrogen-bond acceptors (Lipinski definition) is 12. The van der Waals surface area contributed by atoms with Gasteiger partial charge in [-0.05, 0) is 6.42 Å². The van der Waals surface area contributed by atoms with Crippen LogP contribution >= 0.6 is 0 Å². The van der Waals surface area contributed by atoms with E-state index in [4.69, 9.17) is 23.7 Å². The molecule has 10 atom stereocenters. The monoisotopic (exact) mass is 434 g/mol. The van der Waals surface area contributed by atoms with Gasteiger partial charge >= 0.3 is 11.9 Å². The van der Waals surface area contributed by atoms with E-state index in [0.717, 1.165) is 13.4 Å². The Kier molecular flexibility index (Phi) is 6.97. The lowest BCUT2D eigenvalue weighted by molar-refractivity contribution is -0.342. The maximum atomic E-state index is 12.3. The Morgan fingerprint density at radius 2 is 1.77 bits per heavy atom.